The van der Waals surface area contributed by atoms with E-state index in [-0.39, 0.29) is 5.91 Å². The number of amides is 1. The Morgan fingerprint density at radius 3 is 2.50 bits per heavy atom. The van der Waals surface area contributed by atoms with Crippen LogP contribution in [0.4, 0.5) is 0 Å². The quantitative estimate of drug-likeness (QED) is 0.667. The first-order chi connectivity index (χ1) is 14.5. The predicted molar refractivity (Wildman–Crippen MR) is 122 cm³/mol. The maximum absolute atomic E-state index is 13.3. The largest absolute Gasteiger partial charge is 0.339 e. The van der Waals surface area contributed by atoms with Gasteiger partial charge in [0.25, 0.3) is 5.91 Å². The molecule has 0 spiro atoms. The van der Waals surface area contributed by atoms with Gasteiger partial charge in [0.1, 0.15) is 0 Å². The van der Waals surface area contributed by atoms with Crippen LogP contribution in [0.1, 0.15) is 65.8 Å². The summed E-state index contributed by atoms with van der Waals surface area (Å²) in [7, 11) is 0. The Balaban J connectivity index is 1.44. The molecule has 5 heteroatoms. The molecule has 1 amide bonds. The highest BCUT2D eigenvalue weighted by atomic mass is 35.5. The topological polar surface area (TPSA) is 36.4 Å². The average molecular weight is 426 g/mol. The Hall–Kier alpha value is -1.91. The van der Waals surface area contributed by atoms with Gasteiger partial charge in [-0.05, 0) is 81.4 Å². The first-order valence-corrected chi connectivity index (χ1v) is 11.6. The van der Waals surface area contributed by atoms with Gasteiger partial charge in [0.2, 0.25) is 0 Å². The fourth-order valence-electron chi connectivity index (χ4n) is 4.71. The van der Waals surface area contributed by atoms with Crippen molar-refractivity contribution in [3.05, 3.63) is 63.9 Å². The number of carbonyl (C=O) groups excluding carboxylic acids is 1. The minimum atomic E-state index is 0.172. The van der Waals surface area contributed by atoms with Crippen LogP contribution in [0.25, 0.3) is 0 Å². The van der Waals surface area contributed by atoms with Gasteiger partial charge in [-0.2, -0.15) is 0 Å². The van der Waals surface area contributed by atoms with Gasteiger partial charge >= 0.3 is 0 Å². The molecule has 1 aromatic carbocycles. The fraction of sp³-hybridized carbons (Fsp3) is 0.520. The van der Waals surface area contributed by atoms with Crippen molar-refractivity contribution in [2.45, 2.75) is 52.0 Å². The number of halogens is 1. The number of carbonyl (C=O) groups is 1. The molecule has 2 fully saturated rings. The summed E-state index contributed by atoms with van der Waals surface area (Å²) in [6.07, 6.45) is 4.27. The van der Waals surface area contributed by atoms with Crippen LogP contribution in [-0.2, 0) is 6.54 Å². The van der Waals surface area contributed by atoms with Crippen molar-refractivity contribution in [3.8, 4) is 0 Å². The van der Waals surface area contributed by atoms with Crippen molar-refractivity contribution in [2.24, 2.45) is 5.92 Å². The number of pyridine rings is 1. The molecular formula is C25H32ClN3O. The molecule has 0 unspecified atom stereocenters. The van der Waals surface area contributed by atoms with Crippen LogP contribution in [-0.4, -0.2) is 46.9 Å². The molecule has 0 saturated carbocycles. The standard InChI is InChI=1S/C25H32ClN3O/c1-18-8-14-29(15-9-18)25(30)23-7-6-19(2)27-24(23)21-10-12-28(13-11-21)17-20-4-3-5-22(26)16-20/h3-7,16,18,21H,8-15,17H2,1-2H3. The molecule has 4 rings (SSSR count). The van der Waals surface area contributed by atoms with Crippen molar-refractivity contribution in [1.29, 1.82) is 0 Å². The van der Waals surface area contributed by atoms with Crippen LogP contribution in [0.15, 0.2) is 36.4 Å². The van der Waals surface area contributed by atoms with Gasteiger partial charge in [-0.1, -0.05) is 30.7 Å². The lowest BCUT2D eigenvalue weighted by atomic mass is 9.89. The highest BCUT2D eigenvalue weighted by Crippen LogP contribution is 2.31. The van der Waals surface area contributed by atoms with Gasteiger partial charge < -0.3 is 4.90 Å². The molecule has 2 aromatic rings. The van der Waals surface area contributed by atoms with Gasteiger partial charge in [-0.15, -0.1) is 0 Å². The molecule has 2 saturated heterocycles. The van der Waals surface area contributed by atoms with Crippen LogP contribution in [0.5, 0.6) is 0 Å². The number of aryl methyl sites for hydroxylation is 1. The summed E-state index contributed by atoms with van der Waals surface area (Å²) in [5.74, 6) is 1.24. The van der Waals surface area contributed by atoms with Gasteiger partial charge in [0.15, 0.2) is 0 Å². The zero-order chi connectivity index (χ0) is 21.1. The summed E-state index contributed by atoms with van der Waals surface area (Å²) >= 11 is 6.14. The van der Waals surface area contributed by atoms with E-state index in [0.717, 1.165) is 80.4 Å². The SMILES string of the molecule is Cc1ccc(C(=O)N2CCC(C)CC2)c(C2CCN(Cc3cccc(Cl)c3)CC2)n1. The molecule has 3 heterocycles. The van der Waals surface area contributed by atoms with Crippen LogP contribution in [0.3, 0.4) is 0 Å². The average Bonchev–Trinajstić information content (AvgIpc) is 2.74. The summed E-state index contributed by atoms with van der Waals surface area (Å²) in [5.41, 5.74) is 4.09. The number of nitrogens with zero attached hydrogens (tertiary/aromatic N) is 3. The van der Waals surface area contributed by atoms with Crippen LogP contribution < -0.4 is 0 Å². The molecule has 0 atom stereocenters. The molecule has 0 N–H and O–H groups in total. The van der Waals surface area contributed by atoms with E-state index in [4.69, 9.17) is 16.6 Å². The number of rotatable bonds is 4. The van der Waals surface area contributed by atoms with Crippen LogP contribution >= 0.6 is 11.6 Å². The summed E-state index contributed by atoms with van der Waals surface area (Å²) in [6.45, 7) is 8.98. The molecule has 160 valence electrons. The highest BCUT2D eigenvalue weighted by Gasteiger charge is 2.29. The van der Waals surface area contributed by atoms with E-state index in [9.17, 15) is 4.79 Å². The fourth-order valence-corrected chi connectivity index (χ4v) is 4.92. The molecule has 0 bridgehead atoms. The van der Waals surface area contributed by atoms with Gasteiger partial charge in [0, 0.05) is 36.3 Å². The Kier molecular flexibility index (Phi) is 6.74. The molecule has 1 aromatic heterocycles. The van der Waals surface area contributed by atoms with E-state index in [1.165, 1.54) is 5.56 Å². The number of aromatic nitrogens is 1. The normalized spacial score (nSPS) is 19.2. The third-order valence-corrected chi connectivity index (χ3v) is 6.87. The lowest BCUT2D eigenvalue weighted by Gasteiger charge is -2.34. The van der Waals surface area contributed by atoms with Crippen molar-refractivity contribution >= 4 is 17.5 Å². The monoisotopic (exact) mass is 425 g/mol. The lowest BCUT2D eigenvalue weighted by Crippen LogP contribution is -2.39. The minimum absolute atomic E-state index is 0.172. The first-order valence-electron chi connectivity index (χ1n) is 11.2. The van der Waals surface area contributed by atoms with Gasteiger partial charge in [-0.3, -0.25) is 14.7 Å². The van der Waals surface area contributed by atoms with Crippen molar-refractivity contribution < 1.29 is 4.79 Å². The number of benzene rings is 1. The van der Waals surface area contributed by atoms with E-state index < -0.39 is 0 Å². The maximum atomic E-state index is 13.3. The zero-order valence-electron chi connectivity index (χ0n) is 18.1. The second-order valence-electron chi connectivity index (χ2n) is 9.04. The van der Waals surface area contributed by atoms with Crippen LogP contribution in [0.2, 0.25) is 5.02 Å². The van der Waals surface area contributed by atoms with Crippen molar-refractivity contribution in [3.63, 3.8) is 0 Å². The van der Waals surface area contributed by atoms with E-state index in [0.29, 0.717) is 11.8 Å². The third kappa shape index (κ3) is 5.04. The van der Waals surface area contributed by atoms with E-state index >= 15 is 0 Å². The highest BCUT2D eigenvalue weighted by molar-refractivity contribution is 6.30. The van der Waals surface area contributed by atoms with Crippen molar-refractivity contribution in [2.75, 3.05) is 26.2 Å². The number of hydrogen-bond acceptors (Lipinski definition) is 3. The summed E-state index contributed by atoms with van der Waals surface area (Å²) in [5, 5.41) is 0.793. The van der Waals surface area contributed by atoms with E-state index in [1.807, 2.05) is 42.2 Å². The lowest BCUT2D eigenvalue weighted by molar-refractivity contribution is 0.0694. The third-order valence-electron chi connectivity index (χ3n) is 6.63. The molecule has 0 radical (unpaired) electrons. The molecule has 30 heavy (non-hydrogen) atoms. The molecular weight excluding hydrogens is 394 g/mol. The molecule has 2 aliphatic rings. The van der Waals surface area contributed by atoms with Crippen molar-refractivity contribution in [1.82, 2.24) is 14.8 Å². The number of hydrogen-bond donors (Lipinski definition) is 0. The molecule has 2 aliphatic heterocycles. The Morgan fingerprint density at radius 2 is 1.80 bits per heavy atom. The smallest absolute Gasteiger partial charge is 0.255 e. The maximum Gasteiger partial charge on any atom is 0.255 e. The van der Waals surface area contributed by atoms with E-state index in [2.05, 4.69) is 17.9 Å². The van der Waals surface area contributed by atoms with E-state index in [1.54, 1.807) is 0 Å². The summed E-state index contributed by atoms with van der Waals surface area (Å²) in [6, 6.07) is 12.1. The van der Waals surface area contributed by atoms with Gasteiger partial charge in [-0.25, -0.2) is 0 Å². The Labute approximate surface area is 185 Å². The first kappa shape index (κ1) is 21.3. The Morgan fingerprint density at radius 1 is 1.07 bits per heavy atom. The second-order valence-corrected chi connectivity index (χ2v) is 9.48. The second kappa shape index (κ2) is 9.49. The predicted octanol–water partition coefficient (Wildman–Crippen LogP) is 5.30. The molecule has 0 aliphatic carbocycles. The summed E-state index contributed by atoms with van der Waals surface area (Å²) in [4.78, 5) is 22.7. The Bertz CT molecular complexity index is 884. The molecule has 4 nitrogen and oxygen atoms in total. The zero-order valence-corrected chi connectivity index (χ0v) is 18.9. The number of likely N-dealkylation sites (tertiary alicyclic amines) is 2. The summed E-state index contributed by atoms with van der Waals surface area (Å²) < 4.78 is 0. The number of piperidine rings is 2. The van der Waals surface area contributed by atoms with Crippen LogP contribution in [0, 0.1) is 12.8 Å². The van der Waals surface area contributed by atoms with Gasteiger partial charge in [0.05, 0.1) is 11.3 Å². The minimum Gasteiger partial charge on any atom is -0.339 e.